The van der Waals surface area contributed by atoms with Crippen LogP contribution in [0.3, 0.4) is 0 Å². The van der Waals surface area contributed by atoms with Crippen molar-refractivity contribution in [2.75, 3.05) is 26.2 Å². The van der Waals surface area contributed by atoms with Crippen molar-refractivity contribution in [2.24, 2.45) is 17.3 Å². The van der Waals surface area contributed by atoms with Crippen LogP contribution in [0.25, 0.3) is 22.0 Å². The summed E-state index contributed by atoms with van der Waals surface area (Å²) in [4.78, 5) is 2.23. The van der Waals surface area contributed by atoms with Crippen molar-refractivity contribution in [1.82, 2.24) is 20.0 Å². The summed E-state index contributed by atoms with van der Waals surface area (Å²) in [7, 11) is 1.92. The lowest BCUT2D eigenvalue weighted by Gasteiger charge is -2.28. The van der Waals surface area contributed by atoms with Gasteiger partial charge < -0.3 is 15.3 Å². The van der Waals surface area contributed by atoms with Gasteiger partial charge in [-0.3, -0.25) is 4.68 Å². The zero-order chi connectivity index (χ0) is 26.1. The Morgan fingerprint density at radius 2 is 1.69 bits per heavy atom. The van der Waals surface area contributed by atoms with Crippen molar-refractivity contribution >= 4 is 22.5 Å². The number of phenolic OH excluding ortho intramolecular Hbond substituents is 1. The van der Waals surface area contributed by atoms with Crippen LogP contribution in [0.2, 0.25) is 0 Å². The average Bonchev–Trinajstić information content (AvgIpc) is 3.26. The number of aryl methyl sites for hydroxylation is 1. The van der Waals surface area contributed by atoms with Crippen LogP contribution >= 0.6 is 0 Å². The smallest absolute Gasteiger partial charge is 0.125 e. The van der Waals surface area contributed by atoms with E-state index in [9.17, 15) is 5.11 Å². The number of aromatic hydroxyl groups is 1. The molecule has 0 atom stereocenters. The summed E-state index contributed by atoms with van der Waals surface area (Å²) in [5.41, 5.74) is 5.44. The molecule has 2 aromatic carbocycles. The minimum absolute atomic E-state index is 0.188. The van der Waals surface area contributed by atoms with Crippen LogP contribution in [0.15, 0.2) is 64.4 Å². The zero-order valence-corrected chi connectivity index (χ0v) is 22.5. The van der Waals surface area contributed by atoms with E-state index in [2.05, 4.69) is 59.3 Å². The number of allylic oxidation sites excluding steroid dienone is 2. The third-order valence-corrected chi connectivity index (χ3v) is 6.04. The molecule has 0 spiro atoms. The number of fused-ring (bicyclic) bond motifs is 1. The van der Waals surface area contributed by atoms with E-state index in [4.69, 9.17) is 0 Å². The number of phenols is 1. The molecule has 0 radical (unpaired) electrons. The Kier molecular flexibility index (Phi) is 9.82. The first-order chi connectivity index (χ1) is 17.4. The van der Waals surface area contributed by atoms with Gasteiger partial charge in [0.05, 0.1) is 11.2 Å². The number of amidine groups is 1. The molecular formula is C29H40N6O. The summed E-state index contributed by atoms with van der Waals surface area (Å²) in [6, 6.07) is 11.9. The number of hydrogen-bond donors (Lipinski definition) is 2. The van der Waals surface area contributed by atoms with E-state index >= 15 is 0 Å². The molecule has 192 valence electrons. The van der Waals surface area contributed by atoms with Crippen LogP contribution in [-0.2, 0) is 7.05 Å². The van der Waals surface area contributed by atoms with Gasteiger partial charge in [0.25, 0.3) is 0 Å². The maximum atomic E-state index is 10.9. The highest BCUT2D eigenvalue weighted by molar-refractivity contribution is 6.11. The fourth-order valence-corrected chi connectivity index (χ4v) is 3.93. The van der Waals surface area contributed by atoms with Crippen LogP contribution in [0, 0.1) is 0 Å². The Labute approximate surface area is 215 Å². The summed E-state index contributed by atoms with van der Waals surface area (Å²) in [5.74, 6) is 1.07. The molecule has 0 amide bonds. The summed E-state index contributed by atoms with van der Waals surface area (Å²) >= 11 is 0. The predicted octanol–water partition coefficient (Wildman–Crippen LogP) is 5.75. The second-order valence-corrected chi connectivity index (χ2v) is 9.23. The zero-order valence-electron chi connectivity index (χ0n) is 22.5. The van der Waals surface area contributed by atoms with Crippen LogP contribution < -0.4 is 5.32 Å². The normalized spacial score (nSPS) is 15.2. The molecule has 1 aliphatic rings. The van der Waals surface area contributed by atoms with Gasteiger partial charge in [0, 0.05) is 50.4 Å². The Morgan fingerprint density at radius 1 is 1.03 bits per heavy atom. The van der Waals surface area contributed by atoms with Gasteiger partial charge in [0.1, 0.15) is 11.6 Å². The summed E-state index contributed by atoms with van der Waals surface area (Å²) in [5, 5.41) is 28.9. The summed E-state index contributed by atoms with van der Waals surface area (Å²) in [6.07, 6.45) is 6.16. The molecule has 4 rings (SSSR count). The third kappa shape index (κ3) is 7.04. The fraction of sp³-hybridized carbons (Fsp3) is 0.414. The summed E-state index contributed by atoms with van der Waals surface area (Å²) in [6.45, 7) is 14.2. The van der Waals surface area contributed by atoms with Crippen molar-refractivity contribution in [3.8, 4) is 16.9 Å². The Balaban J connectivity index is 0.00000115. The van der Waals surface area contributed by atoms with Gasteiger partial charge in [0.15, 0.2) is 0 Å². The molecule has 7 heteroatoms. The lowest BCUT2D eigenvalue weighted by molar-refractivity contribution is 0.355. The minimum atomic E-state index is 0.188. The van der Waals surface area contributed by atoms with Gasteiger partial charge in [-0.05, 0) is 61.7 Å². The van der Waals surface area contributed by atoms with Crippen LogP contribution in [0.5, 0.6) is 5.75 Å². The Bertz CT molecular complexity index is 1250. The maximum absolute atomic E-state index is 10.9. The van der Waals surface area contributed by atoms with Gasteiger partial charge in [-0.15, -0.1) is 10.2 Å². The quantitative estimate of drug-likeness (QED) is 0.272. The monoisotopic (exact) mass is 488 g/mol. The first-order valence-corrected chi connectivity index (χ1v) is 12.9. The second kappa shape index (κ2) is 13.0. The van der Waals surface area contributed by atoms with Crippen LogP contribution in [-0.4, -0.2) is 57.5 Å². The molecule has 0 aliphatic carbocycles. The largest absolute Gasteiger partial charge is 0.507 e. The van der Waals surface area contributed by atoms with E-state index in [0.717, 1.165) is 60.5 Å². The fourth-order valence-electron chi connectivity index (χ4n) is 3.93. The number of rotatable bonds is 5. The predicted molar refractivity (Wildman–Crippen MR) is 152 cm³/mol. The van der Waals surface area contributed by atoms with E-state index in [1.807, 2.05) is 55.2 Å². The first kappa shape index (κ1) is 27.1. The number of benzene rings is 2. The van der Waals surface area contributed by atoms with Gasteiger partial charge in [-0.25, -0.2) is 0 Å². The number of hydrogen-bond acceptors (Lipinski definition) is 5. The van der Waals surface area contributed by atoms with E-state index in [-0.39, 0.29) is 5.75 Å². The van der Waals surface area contributed by atoms with Crippen molar-refractivity contribution in [2.45, 2.75) is 47.5 Å². The molecule has 1 fully saturated rings. The maximum Gasteiger partial charge on any atom is 0.125 e. The van der Waals surface area contributed by atoms with Crippen molar-refractivity contribution < 1.29 is 5.11 Å². The molecule has 1 saturated heterocycles. The van der Waals surface area contributed by atoms with Gasteiger partial charge >= 0.3 is 0 Å². The van der Waals surface area contributed by atoms with Crippen molar-refractivity contribution in [3.63, 3.8) is 0 Å². The van der Waals surface area contributed by atoms with E-state index in [0.29, 0.717) is 11.3 Å². The highest BCUT2D eigenvalue weighted by Gasteiger charge is 2.13. The summed E-state index contributed by atoms with van der Waals surface area (Å²) < 4.78 is 1.81. The van der Waals surface area contributed by atoms with Gasteiger partial charge in [-0.2, -0.15) is 5.10 Å². The second-order valence-electron chi connectivity index (χ2n) is 9.23. The first-order valence-electron chi connectivity index (χ1n) is 12.9. The SMILES string of the molecule is CCC.CCC(C)=C/C(=N\N=C(/C)N1CCNCC1)c1ccc(-c2ccc3nn(C)cc3c2)cc1O. The number of nitrogens with zero attached hydrogens (tertiary/aromatic N) is 5. The van der Waals surface area contributed by atoms with Gasteiger partial charge in [-0.1, -0.05) is 44.9 Å². The van der Waals surface area contributed by atoms with E-state index in [1.165, 1.54) is 12.0 Å². The average molecular weight is 489 g/mol. The highest BCUT2D eigenvalue weighted by Crippen LogP contribution is 2.29. The number of nitrogens with one attached hydrogen (secondary N) is 1. The third-order valence-electron chi connectivity index (χ3n) is 6.04. The molecule has 7 nitrogen and oxygen atoms in total. The molecule has 3 aromatic rings. The molecule has 2 N–H and O–H groups in total. The molecule has 2 heterocycles. The molecule has 36 heavy (non-hydrogen) atoms. The Hall–Kier alpha value is -3.45. The van der Waals surface area contributed by atoms with Gasteiger partial charge in [0.2, 0.25) is 0 Å². The topological polar surface area (TPSA) is 78.0 Å². The lowest BCUT2D eigenvalue weighted by atomic mass is 9.99. The standard InChI is InChI=1S/C26H32N6O.C3H8/c1-5-18(2)14-25(29-28-19(3)32-12-10-27-11-13-32)23-8-6-21(16-26(23)33)20-7-9-24-22(15-20)17-31(4)30-24;1-3-2/h6-9,14-17,27,33H,5,10-13H2,1-4H3;3H2,1-2H3/b18-14?,28-19+,29-25+;. The molecule has 1 aliphatic heterocycles. The highest BCUT2D eigenvalue weighted by atomic mass is 16.3. The Morgan fingerprint density at radius 3 is 2.36 bits per heavy atom. The minimum Gasteiger partial charge on any atom is -0.507 e. The van der Waals surface area contributed by atoms with E-state index < -0.39 is 0 Å². The molecular weight excluding hydrogens is 448 g/mol. The van der Waals surface area contributed by atoms with E-state index in [1.54, 1.807) is 6.07 Å². The molecule has 0 unspecified atom stereocenters. The number of aromatic nitrogens is 2. The molecule has 0 bridgehead atoms. The lowest BCUT2D eigenvalue weighted by Crippen LogP contribution is -2.45. The van der Waals surface area contributed by atoms with Crippen molar-refractivity contribution in [1.29, 1.82) is 0 Å². The molecule has 1 aromatic heterocycles. The van der Waals surface area contributed by atoms with Crippen LogP contribution in [0.1, 0.15) is 53.0 Å². The number of piperazine rings is 1. The van der Waals surface area contributed by atoms with Crippen molar-refractivity contribution in [3.05, 3.63) is 59.8 Å². The van der Waals surface area contributed by atoms with Crippen LogP contribution in [0.4, 0.5) is 0 Å². The molecule has 0 saturated carbocycles.